The predicted octanol–water partition coefficient (Wildman–Crippen LogP) is 5.64. The van der Waals surface area contributed by atoms with E-state index < -0.39 is 5.82 Å². The maximum absolute atomic E-state index is 14.2. The molecule has 1 saturated carbocycles. The molecular weight excluding hydrogens is 547 g/mol. The molecule has 9 nitrogen and oxygen atoms in total. The molecule has 4 rings (SSSR count). The standard InChI is InChI=1S/C24H31FN6O3.C8H16.CH4/c1-16-13-17(29-24(26)31-11-9-28-10-12-31)5-7-19(16)23(32)30(3)22(27-2)15-34-21-8-6-18(33-4)14-20(21)25;1-7-5-3-4-6-8(7)2;/h5-8,13-14,28H,9-12,15H2,1-4H3,(H2,26,29);7-8H,3-6H2,1-2H3;1H4/t;7-,8?;/m.1./s1. The van der Waals surface area contributed by atoms with Crippen molar-refractivity contribution in [2.75, 3.05) is 54.0 Å². The summed E-state index contributed by atoms with van der Waals surface area (Å²) in [6.45, 7) is 9.86. The maximum atomic E-state index is 14.2. The van der Waals surface area contributed by atoms with Crippen molar-refractivity contribution < 1.29 is 18.7 Å². The first-order chi connectivity index (χ1) is 20.1. The van der Waals surface area contributed by atoms with E-state index in [2.05, 4.69) is 29.1 Å². The second-order valence-corrected chi connectivity index (χ2v) is 11.0. The van der Waals surface area contributed by atoms with Gasteiger partial charge in [0.15, 0.2) is 17.5 Å². The highest BCUT2D eigenvalue weighted by molar-refractivity contribution is 6.07. The molecular formula is C33H51FN6O3. The maximum Gasteiger partial charge on any atom is 0.259 e. The van der Waals surface area contributed by atoms with Gasteiger partial charge in [0.05, 0.1) is 12.8 Å². The van der Waals surface area contributed by atoms with E-state index in [1.54, 1.807) is 32.3 Å². The van der Waals surface area contributed by atoms with Gasteiger partial charge in [-0.05, 0) is 54.7 Å². The summed E-state index contributed by atoms with van der Waals surface area (Å²) in [6.07, 6.45) is 5.90. The van der Waals surface area contributed by atoms with E-state index in [1.165, 1.54) is 49.8 Å². The van der Waals surface area contributed by atoms with Crippen LogP contribution in [-0.2, 0) is 0 Å². The number of carbonyl (C=O) groups excluding carboxylic acids is 1. The summed E-state index contributed by atoms with van der Waals surface area (Å²) in [5, 5.41) is 3.28. The molecule has 2 aliphatic rings. The van der Waals surface area contributed by atoms with E-state index in [4.69, 9.17) is 15.2 Å². The number of nitrogens with two attached hydrogens (primary N) is 1. The molecule has 1 unspecified atom stereocenters. The monoisotopic (exact) mass is 598 g/mol. The van der Waals surface area contributed by atoms with Crippen LogP contribution in [0.25, 0.3) is 0 Å². The molecule has 1 amide bonds. The summed E-state index contributed by atoms with van der Waals surface area (Å²) < 4.78 is 24.7. The number of amidine groups is 1. The van der Waals surface area contributed by atoms with Crippen molar-refractivity contribution in [3.05, 3.63) is 53.3 Å². The summed E-state index contributed by atoms with van der Waals surface area (Å²) >= 11 is 0. The zero-order valence-electron chi connectivity index (χ0n) is 26.0. The Morgan fingerprint density at radius 1 is 1.12 bits per heavy atom. The fraction of sp³-hybridized carbons (Fsp3) is 0.545. The number of methoxy groups -OCH3 is 1. The Morgan fingerprint density at radius 2 is 1.77 bits per heavy atom. The van der Waals surface area contributed by atoms with Crippen molar-refractivity contribution in [1.29, 1.82) is 0 Å². The van der Waals surface area contributed by atoms with E-state index in [1.807, 2.05) is 17.9 Å². The minimum atomic E-state index is -0.559. The quantitative estimate of drug-likeness (QED) is 0.329. The van der Waals surface area contributed by atoms with E-state index in [0.717, 1.165) is 43.6 Å². The molecule has 1 saturated heterocycles. The Kier molecular flexibility index (Phi) is 14.4. The molecule has 1 heterocycles. The predicted molar refractivity (Wildman–Crippen MR) is 174 cm³/mol. The highest BCUT2D eigenvalue weighted by atomic mass is 19.1. The number of hydrogen-bond donors (Lipinski definition) is 2. The topological polar surface area (TPSA) is 105 Å². The lowest BCUT2D eigenvalue weighted by atomic mass is 9.82. The molecule has 0 aromatic heterocycles. The Morgan fingerprint density at radius 3 is 2.30 bits per heavy atom. The van der Waals surface area contributed by atoms with Gasteiger partial charge in [0.25, 0.3) is 5.91 Å². The van der Waals surface area contributed by atoms with Crippen LogP contribution in [-0.4, -0.2) is 81.5 Å². The number of hydrogen-bond acceptors (Lipinski definition) is 6. The first-order valence-electron chi connectivity index (χ1n) is 14.7. The second-order valence-electron chi connectivity index (χ2n) is 11.0. The Bertz CT molecular complexity index is 1240. The smallest absolute Gasteiger partial charge is 0.259 e. The first kappa shape index (κ1) is 35.5. The molecule has 10 heteroatoms. The van der Waals surface area contributed by atoms with E-state index in [0.29, 0.717) is 28.8 Å². The third-order valence-electron chi connectivity index (χ3n) is 8.11. The highest BCUT2D eigenvalue weighted by Gasteiger charge is 2.20. The van der Waals surface area contributed by atoms with Gasteiger partial charge in [0.2, 0.25) is 0 Å². The van der Waals surface area contributed by atoms with Gasteiger partial charge in [-0.25, -0.2) is 9.38 Å². The second kappa shape index (κ2) is 17.5. The van der Waals surface area contributed by atoms with Crippen molar-refractivity contribution in [1.82, 2.24) is 15.1 Å². The van der Waals surface area contributed by atoms with Gasteiger partial charge in [0.1, 0.15) is 18.2 Å². The zero-order chi connectivity index (χ0) is 30.6. The molecule has 0 radical (unpaired) electrons. The Labute approximate surface area is 257 Å². The molecule has 2 fully saturated rings. The molecule has 2 aromatic carbocycles. The first-order valence-corrected chi connectivity index (χ1v) is 14.7. The highest BCUT2D eigenvalue weighted by Crippen LogP contribution is 2.28. The van der Waals surface area contributed by atoms with Crippen molar-refractivity contribution in [2.24, 2.45) is 27.6 Å². The normalized spacial score (nSPS) is 19.0. The van der Waals surface area contributed by atoms with E-state index in [-0.39, 0.29) is 25.7 Å². The number of rotatable bonds is 6. The number of benzene rings is 2. The molecule has 0 bridgehead atoms. The number of aryl methyl sites for hydroxylation is 1. The van der Waals surface area contributed by atoms with Gasteiger partial charge in [-0.15, -0.1) is 0 Å². The lowest BCUT2D eigenvalue weighted by molar-refractivity contribution is 0.0864. The lowest BCUT2D eigenvalue weighted by Crippen LogP contribution is -2.49. The minimum Gasteiger partial charge on any atom is -0.497 e. The average molecular weight is 599 g/mol. The van der Waals surface area contributed by atoms with Gasteiger partial charge in [-0.1, -0.05) is 47.0 Å². The number of nitrogens with one attached hydrogen (secondary N) is 1. The number of piperazine rings is 1. The van der Waals surface area contributed by atoms with Crippen LogP contribution in [0.15, 0.2) is 46.4 Å². The van der Waals surface area contributed by atoms with Gasteiger partial charge in [0, 0.05) is 51.9 Å². The number of ether oxygens (including phenoxy) is 2. The van der Waals surface area contributed by atoms with Crippen LogP contribution in [0.3, 0.4) is 0 Å². The number of nitrogens with zero attached hydrogens (tertiary/aromatic N) is 4. The van der Waals surface area contributed by atoms with Crippen LogP contribution in [0, 0.1) is 24.6 Å². The van der Waals surface area contributed by atoms with Gasteiger partial charge in [-0.3, -0.25) is 14.7 Å². The summed E-state index contributed by atoms with van der Waals surface area (Å²) in [5.41, 5.74) is 8.08. The van der Waals surface area contributed by atoms with Crippen LogP contribution in [0.1, 0.15) is 62.9 Å². The van der Waals surface area contributed by atoms with Gasteiger partial charge in [-0.2, -0.15) is 0 Å². The minimum absolute atomic E-state index is 0. The Balaban J connectivity index is 0.000000620. The SMILES string of the molecule is C.CC1CCCC[C@H]1C.CN=C(COc1ccc(OC)cc1F)N(C)C(=O)c1ccc(N=C(N)N2CCNCC2)cc1C. The molecule has 238 valence electrons. The molecule has 43 heavy (non-hydrogen) atoms. The average Bonchev–Trinajstić information content (AvgIpc) is 3.00. The summed E-state index contributed by atoms with van der Waals surface area (Å²) in [5.74, 6) is 2.43. The van der Waals surface area contributed by atoms with E-state index in [9.17, 15) is 9.18 Å². The number of amides is 1. The largest absolute Gasteiger partial charge is 0.497 e. The summed E-state index contributed by atoms with van der Waals surface area (Å²) in [7, 11) is 4.61. The summed E-state index contributed by atoms with van der Waals surface area (Å²) in [6, 6.07) is 9.60. The van der Waals surface area contributed by atoms with Crippen LogP contribution in [0.2, 0.25) is 0 Å². The van der Waals surface area contributed by atoms with Gasteiger partial charge < -0.3 is 25.4 Å². The van der Waals surface area contributed by atoms with Crippen LogP contribution >= 0.6 is 0 Å². The van der Waals surface area contributed by atoms with Gasteiger partial charge >= 0.3 is 0 Å². The zero-order valence-corrected chi connectivity index (χ0v) is 26.0. The molecule has 1 aliphatic heterocycles. The number of aliphatic imine (C=N–C) groups is 2. The number of likely N-dealkylation sites (N-methyl/N-ethyl adjacent to an activating group) is 1. The third-order valence-corrected chi connectivity index (χ3v) is 8.11. The molecule has 1 aliphatic carbocycles. The third kappa shape index (κ3) is 10.2. The lowest BCUT2D eigenvalue weighted by Gasteiger charge is -2.28. The Hall–Kier alpha value is -3.66. The molecule has 2 aromatic rings. The fourth-order valence-electron chi connectivity index (χ4n) is 5.03. The molecule has 0 spiro atoms. The van der Waals surface area contributed by atoms with Crippen molar-refractivity contribution >= 4 is 23.4 Å². The number of guanidine groups is 1. The van der Waals surface area contributed by atoms with Crippen LogP contribution in [0.5, 0.6) is 11.5 Å². The number of halogens is 1. The van der Waals surface area contributed by atoms with Crippen molar-refractivity contribution in [2.45, 2.75) is 53.9 Å². The fourth-order valence-corrected chi connectivity index (χ4v) is 5.03. The van der Waals surface area contributed by atoms with Crippen molar-refractivity contribution in [3.8, 4) is 11.5 Å². The molecule has 2 atom stereocenters. The van der Waals surface area contributed by atoms with E-state index >= 15 is 0 Å². The number of carbonyl (C=O) groups is 1. The molecule has 3 N–H and O–H groups in total. The summed E-state index contributed by atoms with van der Waals surface area (Å²) in [4.78, 5) is 25.2. The van der Waals surface area contributed by atoms with Crippen LogP contribution in [0.4, 0.5) is 10.1 Å². The van der Waals surface area contributed by atoms with Crippen LogP contribution < -0.4 is 20.5 Å². The van der Waals surface area contributed by atoms with Crippen molar-refractivity contribution in [3.63, 3.8) is 0 Å².